The van der Waals surface area contributed by atoms with Gasteiger partial charge in [0, 0.05) is 36.4 Å². The maximum Gasteiger partial charge on any atom is 0.125 e. The molecule has 1 aromatic carbocycles. The van der Waals surface area contributed by atoms with Crippen molar-refractivity contribution < 1.29 is 9.13 Å². The molecule has 2 aromatic heterocycles. The van der Waals surface area contributed by atoms with E-state index in [1.54, 1.807) is 17.5 Å². The maximum atomic E-state index is 13.4. The van der Waals surface area contributed by atoms with E-state index in [4.69, 9.17) is 4.74 Å². The van der Waals surface area contributed by atoms with Crippen molar-refractivity contribution in [1.82, 2.24) is 4.98 Å². The first-order chi connectivity index (χ1) is 11.2. The molecule has 0 aliphatic carbocycles. The lowest BCUT2D eigenvalue weighted by Gasteiger charge is -2.38. The highest BCUT2D eigenvalue weighted by atomic mass is 32.1. The minimum absolute atomic E-state index is 0.0636. The quantitative estimate of drug-likeness (QED) is 0.697. The third-order valence-corrected chi connectivity index (χ3v) is 4.90. The van der Waals surface area contributed by atoms with Crippen LogP contribution in [-0.2, 0) is 4.74 Å². The van der Waals surface area contributed by atoms with Gasteiger partial charge in [0.1, 0.15) is 11.9 Å². The van der Waals surface area contributed by atoms with Crippen LogP contribution in [0.4, 0.5) is 10.1 Å². The molecule has 0 spiro atoms. The molecule has 3 heterocycles. The zero-order valence-electron chi connectivity index (χ0n) is 12.8. The van der Waals surface area contributed by atoms with Gasteiger partial charge in [0.25, 0.3) is 0 Å². The van der Waals surface area contributed by atoms with Gasteiger partial charge in [0.2, 0.25) is 0 Å². The summed E-state index contributed by atoms with van der Waals surface area (Å²) >= 11 is 1.69. The summed E-state index contributed by atoms with van der Waals surface area (Å²) in [4.78, 5) is 6.61. The first kappa shape index (κ1) is 14.6. The zero-order chi connectivity index (χ0) is 15.8. The number of hydrogen-bond donors (Lipinski definition) is 0. The van der Waals surface area contributed by atoms with Crippen LogP contribution in [0.15, 0.2) is 47.3 Å². The van der Waals surface area contributed by atoms with Crippen molar-refractivity contribution in [2.45, 2.75) is 19.1 Å². The second-order valence-electron chi connectivity index (χ2n) is 5.89. The van der Waals surface area contributed by atoms with Crippen molar-refractivity contribution in [2.75, 3.05) is 18.0 Å². The minimum Gasteiger partial charge on any atom is -0.367 e. The monoisotopic (exact) mass is 328 g/mol. The van der Waals surface area contributed by atoms with Crippen LogP contribution in [0, 0.1) is 5.82 Å². The lowest BCUT2D eigenvalue weighted by Crippen LogP contribution is -2.42. The number of nitrogens with zero attached hydrogens (tertiary/aromatic N) is 2. The SMILES string of the molecule is CC1CN(c2ccnc3cc(F)ccc23)CC(c2ccsc2)O1. The van der Waals surface area contributed by atoms with E-state index < -0.39 is 0 Å². The smallest absolute Gasteiger partial charge is 0.125 e. The predicted octanol–water partition coefficient (Wildman–Crippen LogP) is 4.40. The summed E-state index contributed by atoms with van der Waals surface area (Å²) in [5.41, 5.74) is 3.00. The van der Waals surface area contributed by atoms with Crippen molar-refractivity contribution in [1.29, 1.82) is 0 Å². The third-order valence-electron chi connectivity index (χ3n) is 4.20. The predicted molar refractivity (Wildman–Crippen MR) is 91.5 cm³/mol. The lowest BCUT2D eigenvalue weighted by atomic mass is 10.1. The Labute approximate surface area is 138 Å². The number of aromatic nitrogens is 1. The van der Waals surface area contributed by atoms with Crippen molar-refractivity contribution in [3.8, 4) is 0 Å². The van der Waals surface area contributed by atoms with Crippen LogP contribution in [0.1, 0.15) is 18.6 Å². The molecule has 0 amide bonds. The molecular formula is C18H17FN2OS. The second kappa shape index (κ2) is 5.91. The number of ether oxygens (including phenoxy) is 1. The van der Waals surface area contributed by atoms with E-state index in [2.05, 4.69) is 33.6 Å². The summed E-state index contributed by atoms with van der Waals surface area (Å²) in [5, 5.41) is 5.19. The van der Waals surface area contributed by atoms with Crippen LogP contribution in [-0.4, -0.2) is 24.2 Å². The first-order valence-electron chi connectivity index (χ1n) is 7.67. The molecule has 3 nitrogen and oxygen atoms in total. The van der Waals surface area contributed by atoms with Crippen molar-refractivity contribution in [3.05, 3.63) is 58.7 Å². The molecule has 3 aromatic rings. The molecule has 0 N–H and O–H groups in total. The summed E-state index contributed by atoms with van der Waals surface area (Å²) in [7, 11) is 0. The van der Waals surface area contributed by atoms with E-state index >= 15 is 0 Å². The van der Waals surface area contributed by atoms with Gasteiger partial charge in [-0.15, -0.1) is 0 Å². The number of hydrogen-bond acceptors (Lipinski definition) is 4. The summed E-state index contributed by atoms with van der Waals surface area (Å²) in [6.45, 7) is 3.70. The highest BCUT2D eigenvalue weighted by Crippen LogP contribution is 2.33. The van der Waals surface area contributed by atoms with Gasteiger partial charge in [-0.2, -0.15) is 11.3 Å². The molecule has 1 saturated heterocycles. The minimum atomic E-state index is -0.256. The van der Waals surface area contributed by atoms with Gasteiger partial charge in [-0.1, -0.05) is 0 Å². The Morgan fingerprint density at radius 1 is 1.26 bits per heavy atom. The van der Waals surface area contributed by atoms with E-state index in [0.29, 0.717) is 5.52 Å². The average molecular weight is 328 g/mol. The van der Waals surface area contributed by atoms with E-state index in [0.717, 1.165) is 24.2 Å². The van der Waals surface area contributed by atoms with Gasteiger partial charge in [-0.25, -0.2) is 4.39 Å². The Morgan fingerprint density at radius 2 is 2.17 bits per heavy atom. The van der Waals surface area contributed by atoms with Crippen LogP contribution in [0.2, 0.25) is 0 Å². The number of thiophene rings is 1. The van der Waals surface area contributed by atoms with Crippen molar-refractivity contribution >= 4 is 27.9 Å². The van der Waals surface area contributed by atoms with Gasteiger partial charge in [0.15, 0.2) is 0 Å². The molecule has 0 bridgehead atoms. The summed E-state index contributed by atoms with van der Waals surface area (Å²) < 4.78 is 19.6. The molecule has 1 fully saturated rings. The van der Waals surface area contributed by atoms with Gasteiger partial charge < -0.3 is 9.64 Å². The Hall–Kier alpha value is -1.98. The van der Waals surface area contributed by atoms with E-state index in [1.165, 1.54) is 17.7 Å². The molecule has 2 atom stereocenters. The van der Waals surface area contributed by atoms with Crippen molar-refractivity contribution in [2.24, 2.45) is 0 Å². The van der Waals surface area contributed by atoms with Gasteiger partial charge >= 0.3 is 0 Å². The fourth-order valence-corrected chi connectivity index (χ4v) is 3.87. The normalized spacial score (nSPS) is 21.7. The summed E-state index contributed by atoms with van der Waals surface area (Å²) in [6.07, 6.45) is 1.95. The molecule has 5 heteroatoms. The van der Waals surface area contributed by atoms with E-state index in [-0.39, 0.29) is 18.0 Å². The molecule has 4 rings (SSSR count). The van der Waals surface area contributed by atoms with Gasteiger partial charge in [-0.05, 0) is 47.5 Å². The number of rotatable bonds is 2. The summed E-state index contributed by atoms with van der Waals surface area (Å²) in [5.74, 6) is -0.256. The molecule has 1 aliphatic rings. The standard InChI is InChI=1S/C18H17FN2OS/c1-12-9-21(10-18(22-12)13-5-7-23-11-13)17-4-6-20-16-8-14(19)2-3-15(16)17/h2-8,11-12,18H,9-10H2,1H3. The molecular weight excluding hydrogens is 311 g/mol. The zero-order valence-corrected chi connectivity index (χ0v) is 13.6. The van der Waals surface area contributed by atoms with Crippen LogP contribution in [0.25, 0.3) is 10.9 Å². The number of anilines is 1. The van der Waals surface area contributed by atoms with E-state index in [1.807, 2.05) is 12.1 Å². The number of fused-ring (bicyclic) bond motifs is 1. The van der Waals surface area contributed by atoms with Gasteiger partial charge in [-0.3, -0.25) is 4.98 Å². The van der Waals surface area contributed by atoms with Crippen LogP contribution in [0.5, 0.6) is 0 Å². The van der Waals surface area contributed by atoms with Crippen molar-refractivity contribution in [3.63, 3.8) is 0 Å². The highest BCUT2D eigenvalue weighted by Gasteiger charge is 2.27. The molecule has 2 unspecified atom stereocenters. The first-order valence-corrected chi connectivity index (χ1v) is 8.62. The van der Waals surface area contributed by atoms with Crippen LogP contribution < -0.4 is 4.90 Å². The second-order valence-corrected chi connectivity index (χ2v) is 6.67. The number of halogens is 1. The number of pyridine rings is 1. The van der Waals surface area contributed by atoms with E-state index in [9.17, 15) is 4.39 Å². The molecule has 0 radical (unpaired) electrons. The molecule has 118 valence electrons. The Bertz CT molecular complexity index is 821. The fraction of sp³-hybridized carbons (Fsp3) is 0.278. The molecule has 23 heavy (non-hydrogen) atoms. The van der Waals surface area contributed by atoms with Crippen LogP contribution in [0.3, 0.4) is 0 Å². The lowest BCUT2D eigenvalue weighted by molar-refractivity contribution is -0.0170. The Kier molecular flexibility index (Phi) is 3.75. The number of benzene rings is 1. The highest BCUT2D eigenvalue weighted by molar-refractivity contribution is 7.07. The topological polar surface area (TPSA) is 25.4 Å². The Balaban J connectivity index is 1.72. The van der Waals surface area contributed by atoms with Gasteiger partial charge in [0.05, 0.1) is 11.6 Å². The molecule has 0 saturated carbocycles. The number of morpholine rings is 1. The summed E-state index contributed by atoms with van der Waals surface area (Å²) in [6, 6.07) is 8.91. The van der Waals surface area contributed by atoms with Crippen LogP contribution >= 0.6 is 11.3 Å². The molecule has 1 aliphatic heterocycles. The fourth-order valence-electron chi connectivity index (χ4n) is 3.17. The Morgan fingerprint density at radius 3 is 3.00 bits per heavy atom. The average Bonchev–Trinajstić information content (AvgIpc) is 3.08. The third kappa shape index (κ3) is 2.82. The largest absolute Gasteiger partial charge is 0.367 e. The maximum absolute atomic E-state index is 13.4.